The van der Waals surface area contributed by atoms with Crippen LogP contribution < -0.4 is 0 Å². The summed E-state index contributed by atoms with van der Waals surface area (Å²) in [5.74, 6) is -1.56. The summed E-state index contributed by atoms with van der Waals surface area (Å²) in [7, 11) is 0. The van der Waals surface area contributed by atoms with Crippen LogP contribution in [0.5, 0.6) is 0 Å². The number of halogens is 3. The summed E-state index contributed by atoms with van der Waals surface area (Å²) in [5, 5.41) is 8.94. The summed E-state index contributed by atoms with van der Waals surface area (Å²) >= 11 is 0. The summed E-state index contributed by atoms with van der Waals surface area (Å²) in [6.07, 6.45) is -1.96. The van der Waals surface area contributed by atoms with Gasteiger partial charge in [0, 0.05) is 0 Å². The molecular weight excluding hydrogens is 257 g/mol. The highest BCUT2D eigenvalue weighted by molar-refractivity contribution is 5.70. The smallest absolute Gasteiger partial charge is 0.416 e. The lowest BCUT2D eigenvalue weighted by Gasteiger charge is -2.11. The maximum Gasteiger partial charge on any atom is 0.416 e. The van der Waals surface area contributed by atoms with E-state index in [4.69, 9.17) is 5.11 Å². The van der Waals surface area contributed by atoms with Crippen molar-refractivity contribution in [1.82, 2.24) is 0 Å². The highest BCUT2D eigenvalue weighted by atomic mass is 19.4. The van der Waals surface area contributed by atoms with Gasteiger partial charge >= 0.3 is 12.1 Å². The Kier molecular flexibility index (Phi) is 5.15. The van der Waals surface area contributed by atoms with Crippen LogP contribution in [0.15, 0.2) is 36.9 Å². The molecule has 5 heteroatoms. The molecule has 19 heavy (non-hydrogen) atoms. The van der Waals surface area contributed by atoms with Crippen LogP contribution in [0, 0.1) is 5.92 Å². The number of rotatable bonds is 6. The van der Waals surface area contributed by atoms with Crippen molar-refractivity contribution in [2.45, 2.75) is 25.4 Å². The summed E-state index contributed by atoms with van der Waals surface area (Å²) < 4.78 is 37.5. The second-order valence-electron chi connectivity index (χ2n) is 4.30. The minimum Gasteiger partial charge on any atom is -0.481 e. The Hall–Kier alpha value is -1.78. The van der Waals surface area contributed by atoms with Gasteiger partial charge in [0.2, 0.25) is 0 Å². The van der Waals surface area contributed by atoms with Gasteiger partial charge in [-0.1, -0.05) is 24.3 Å². The van der Waals surface area contributed by atoms with E-state index in [-0.39, 0.29) is 0 Å². The molecule has 1 aromatic rings. The summed E-state index contributed by atoms with van der Waals surface area (Å²) in [6, 6.07) is 4.97. The molecule has 1 aromatic carbocycles. The molecule has 104 valence electrons. The molecule has 0 amide bonds. The van der Waals surface area contributed by atoms with Crippen LogP contribution >= 0.6 is 0 Å². The second-order valence-corrected chi connectivity index (χ2v) is 4.30. The minimum atomic E-state index is -4.37. The van der Waals surface area contributed by atoms with E-state index in [0.29, 0.717) is 24.8 Å². The molecule has 0 heterocycles. The number of alkyl halides is 3. The SMILES string of the molecule is C=CCC(CCc1cccc(C(F)(F)F)c1)C(=O)O. The van der Waals surface area contributed by atoms with Gasteiger partial charge in [0.15, 0.2) is 0 Å². The number of carboxylic acids is 1. The molecule has 1 N–H and O–H groups in total. The maximum atomic E-state index is 12.5. The average molecular weight is 272 g/mol. The average Bonchev–Trinajstić information content (AvgIpc) is 2.33. The van der Waals surface area contributed by atoms with Gasteiger partial charge in [-0.15, -0.1) is 6.58 Å². The van der Waals surface area contributed by atoms with E-state index in [1.807, 2.05) is 0 Å². The third-order valence-corrected chi connectivity index (χ3v) is 2.84. The third kappa shape index (κ3) is 4.77. The van der Waals surface area contributed by atoms with Gasteiger partial charge in [-0.05, 0) is 30.9 Å². The van der Waals surface area contributed by atoms with Gasteiger partial charge in [-0.25, -0.2) is 0 Å². The monoisotopic (exact) mass is 272 g/mol. The van der Waals surface area contributed by atoms with Gasteiger partial charge < -0.3 is 5.11 Å². The van der Waals surface area contributed by atoms with Crippen LogP contribution in [0.3, 0.4) is 0 Å². The molecule has 0 spiro atoms. The number of carbonyl (C=O) groups is 1. The zero-order valence-corrected chi connectivity index (χ0v) is 10.3. The van der Waals surface area contributed by atoms with Crippen molar-refractivity contribution in [2.24, 2.45) is 5.92 Å². The zero-order chi connectivity index (χ0) is 14.5. The largest absolute Gasteiger partial charge is 0.481 e. The first-order valence-electron chi connectivity index (χ1n) is 5.84. The van der Waals surface area contributed by atoms with E-state index in [9.17, 15) is 18.0 Å². The second kappa shape index (κ2) is 6.41. The van der Waals surface area contributed by atoms with Crippen molar-refractivity contribution in [3.63, 3.8) is 0 Å². The maximum absolute atomic E-state index is 12.5. The summed E-state index contributed by atoms with van der Waals surface area (Å²) in [4.78, 5) is 10.9. The number of hydrogen-bond donors (Lipinski definition) is 1. The highest BCUT2D eigenvalue weighted by Crippen LogP contribution is 2.30. The molecule has 1 atom stereocenters. The highest BCUT2D eigenvalue weighted by Gasteiger charge is 2.30. The quantitative estimate of drug-likeness (QED) is 0.797. The Morgan fingerprint density at radius 1 is 1.42 bits per heavy atom. The Labute approximate surface area is 109 Å². The van der Waals surface area contributed by atoms with E-state index >= 15 is 0 Å². The van der Waals surface area contributed by atoms with E-state index in [1.54, 1.807) is 6.07 Å². The fourth-order valence-electron chi connectivity index (χ4n) is 1.79. The van der Waals surface area contributed by atoms with Crippen molar-refractivity contribution in [1.29, 1.82) is 0 Å². The topological polar surface area (TPSA) is 37.3 Å². The number of carboxylic acid groups (broad SMARTS) is 1. The molecule has 0 fully saturated rings. The molecule has 0 radical (unpaired) electrons. The Balaban J connectivity index is 2.72. The van der Waals surface area contributed by atoms with Crippen molar-refractivity contribution in [3.8, 4) is 0 Å². The number of allylic oxidation sites excluding steroid dienone is 1. The molecule has 0 saturated heterocycles. The van der Waals surface area contributed by atoms with E-state index in [0.717, 1.165) is 12.1 Å². The van der Waals surface area contributed by atoms with Gasteiger partial charge in [0.1, 0.15) is 0 Å². The number of hydrogen-bond acceptors (Lipinski definition) is 1. The molecule has 0 bridgehead atoms. The lowest BCUT2D eigenvalue weighted by atomic mass is 9.96. The number of benzene rings is 1. The van der Waals surface area contributed by atoms with Crippen LogP contribution in [-0.2, 0) is 17.4 Å². The molecule has 0 saturated carbocycles. The van der Waals surface area contributed by atoms with E-state index in [2.05, 4.69) is 6.58 Å². The van der Waals surface area contributed by atoms with E-state index in [1.165, 1.54) is 12.1 Å². The zero-order valence-electron chi connectivity index (χ0n) is 10.3. The van der Waals surface area contributed by atoms with Crippen LogP contribution in [0.1, 0.15) is 24.0 Å². The molecule has 0 aliphatic heterocycles. The first-order valence-corrected chi connectivity index (χ1v) is 5.84. The summed E-state index contributed by atoms with van der Waals surface area (Å²) in [6.45, 7) is 3.47. The van der Waals surface area contributed by atoms with Crippen LogP contribution in [0.4, 0.5) is 13.2 Å². The standard InChI is InChI=1S/C14H15F3O2/c1-2-4-11(13(18)19)8-7-10-5-3-6-12(9-10)14(15,16)17/h2-3,5-6,9,11H,1,4,7-8H2,(H,18,19). The van der Waals surface area contributed by atoms with Gasteiger partial charge in [-0.3, -0.25) is 4.79 Å². The Morgan fingerprint density at radius 3 is 2.63 bits per heavy atom. The first kappa shape index (κ1) is 15.3. The predicted octanol–water partition coefficient (Wildman–Crippen LogP) is 3.91. The van der Waals surface area contributed by atoms with Crippen molar-refractivity contribution < 1.29 is 23.1 Å². The minimum absolute atomic E-state index is 0.294. The lowest BCUT2D eigenvalue weighted by molar-refractivity contribution is -0.142. The molecular formula is C14H15F3O2. The normalized spacial score (nSPS) is 13.0. The number of aliphatic carboxylic acids is 1. The van der Waals surface area contributed by atoms with Gasteiger partial charge in [-0.2, -0.15) is 13.2 Å². The Morgan fingerprint density at radius 2 is 2.11 bits per heavy atom. The van der Waals surface area contributed by atoms with Crippen LogP contribution in [0.25, 0.3) is 0 Å². The van der Waals surface area contributed by atoms with Gasteiger partial charge in [0.25, 0.3) is 0 Å². The van der Waals surface area contributed by atoms with E-state index < -0.39 is 23.6 Å². The molecule has 0 aromatic heterocycles. The fourth-order valence-corrected chi connectivity index (χ4v) is 1.79. The predicted molar refractivity (Wildman–Crippen MR) is 65.7 cm³/mol. The molecule has 1 rings (SSSR count). The van der Waals surface area contributed by atoms with Gasteiger partial charge in [0.05, 0.1) is 11.5 Å². The van der Waals surface area contributed by atoms with Crippen molar-refractivity contribution in [2.75, 3.05) is 0 Å². The van der Waals surface area contributed by atoms with Crippen molar-refractivity contribution in [3.05, 3.63) is 48.0 Å². The molecule has 0 aliphatic rings. The Bertz CT molecular complexity index is 452. The molecule has 1 unspecified atom stereocenters. The van der Waals surface area contributed by atoms with Crippen LogP contribution in [0.2, 0.25) is 0 Å². The fraction of sp³-hybridized carbons (Fsp3) is 0.357. The molecule has 0 aliphatic carbocycles. The lowest BCUT2D eigenvalue weighted by Crippen LogP contribution is -2.14. The van der Waals surface area contributed by atoms with Crippen molar-refractivity contribution >= 4 is 5.97 Å². The molecule has 2 nitrogen and oxygen atoms in total. The van der Waals surface area contributed by atoms with Crippen LogP contribution in [-0.4, -0.2) is 11.1 Å². The first-order chi connectivity index (χ1) is 8.84. The number of aryl methyl sites for hydroxylation is 1. The third-order valence-electron chi connectivity index (χ3n) is 2.84. The summed E-state index contributed by atoms with van der Waals surface area (Å²) in [5.41, 5.74) is -0.217.